The molecule has 1 heterocycles. The lowest BCUT2D eigenvalue weighted by Crippen LogP contribution is -2.27. The van der Waals surface area contributed by atoms with E-state index in [2.05, 4.69) is 31.4 Å². The normalized spacial score (nSPS) is 12.5. The molecule has 1 aromatic heterocycles. The fourth-order valence-electron chi connectivity index (χ4n) is 2.00. The van der Waals surface area contributed by atoms with Gasteiger partial charge in [0.2, 0.25) is 0 Å². The van der Waals surface area contributed by atoms with E-state index in [9.17, 15) is 4.79 Å². The highest BCUT2D eigenvalue weighted by Gasteiger charge is 2.20. The average Bonchev–Trinajstić information content (AvgIpc) is 2.80. The quantitative estimate of drug-likeness (QED) is 0.836. The minimum atomic E-state index is -0.225. The number of rotatable bonds is 4. The van der Waals surface area contributed by atoms with Gasteiger partial charge in [0.15, 0.2) is 5.69 Å². The van der Waals surface area contributed by atoms with E-state index in [1.165, 1.54) is 0 Å². The largest absolute Gasteiger partial charge is 0.344 e. The van der Waals surface area contributed by atoms with Crippen molar-refractivity contribution in [2.75, 3.05) is 0 Å². The first-order valence-corrected chi connectivity index (χ1v) is 7.87. The molecule has 1 aromatic carbocycles. The third kappa shape index (κ3) is 3.66. The van der Waals surface area contributed by atoms with Crippen LogP contribution in [0.2, 0.25) is 5.02 Å². The van der Waals surface area contributed by atoms with Crippen molar-refractivity contribution in [2.24, 2.45) is 0 Å². The molecule has 0 aliphatic heterocycles. The zero-order valence-electron chi connectivity index (χ0n) is 12.1. The van der Waals surface area contributed by atoms with Crippen molar-refractivity contribution in [3.05, 3.63) is 50.7 Å². The molecule has 2 rings (SSSR count). The molecular formula is C15H17BrClN3O. The first-order chi connectivity index (χ1) is 9.90. The van der Waals surface area contributed by atoms with Gasteiger partial charge in [-0.1, -0.05) is 37.6 Å². The van der Waals surface area contributed by atoms with Crippen molar-refractivity contribution in [1.82, 2.24) is 15.5 Å². The number of aromatic amines is 1. The van der Waals surface area contributed by atoms with E-state index in [1.807, 2.05) is 39.0 Å². The molecule has 0 spiro atoms. The third-order valence-electron chi connectivity index (χ3n) is 3.22. The second kappa shape index (κ2) is 6.62. The molecule has 0 saturated heterocycles. The third-order valence-corrected chi connectivity index (χ3v) is 4.26. The van der Waals surface area contributed by atoms with E-state index in [0.717, 1.165) is 11.3 Å². The highest BCUT2D eigenvalue weighted by molar-refractivity contribution is 9.10. The molecule has 1 atom stereocenters. The van der Waals surface area contributed by atoms with Crippen LogP contribution < -0.4 is 5.32 Å². The topological polar surface area (TPSA) is 57.8 Å². The predicted octanol–water partition coefficient (Wildman–Crippen LogP) is 4.44. The Labute approximate surface area is 137 Å². The predicted molar refractivity (Wildman–Crippen MR) is 87.7 cm³/mol. The maximum absolute atomic E-state index is 12.3. The van der Waals surface area contributed by atoms with E-state index in [4.69, 9.17) is 11.6 Å². The molecule has 4 nitrogen and oxygen atoms in total. The average molecular weight is 371 g/mol. The van der Waals surface area contributed by atoms with Gasteiger partial charge >= 0.3 is 0 Å². The minimum Gasteiger partial charge on any atom is -0.344 e. The zero-order chi connectivity index (χ0) is 15.6. The summed E-state index contributed by atoms with van der Waals surface area (Å²) in [6.07, 6.45) is 0. The van der Waals surface area contributed by atoms with E-state index in [1.54, 1.807) is 6.07 Å². The second-order valence-corrected chi connectivity index (χ2v) is 6.43. The number of carbonyl (C=O) groups is 1. The van der Waals surface area contributed by atoms with E-state index in [0.29, 0.717) is 15.2 Å². The molecule has 112 valence electrons. The molecule has 2 aromatic rings. The minimum absolute atomic E-state index is 0.151. The number of nitrogens with zero attached hydrogens (tertiary/aromatic N) is 1. The Morgan fingerprint density at radius 1 is 1.38 bits per heavy atom. The smallest absolute Gasteiger partial charge is 0.273 e. The van der Waals surface area contributed by atoms with Gasteiger partial charge in [-0.3, -0.25) is 9.89 Å². The maximum atomic E-state index is 12.3. The van der Waals surface area contributed by atoms with Crippen molar-refractivity contribution in [1.29, 1.82) is 0 Å². The van der Waals surface area contributed by atoms with Crippen LogP contribution in [-0.4, -0.2) is 16.1 Å². The summed E-state index contributed by atoms with van der Waals surface area (Å²) in [7, 11) is 0. The van der Waals surface area contributed by atoms with Crippen LogP contribution in [0, 0.1) is 0 Å². The summed E-state index contributed by atoms with van der Waals surface area (Å²) in [5.74, 6) is 0.0382. The van der Waals surface area contributed by atoms with E-state index in [-0.39, 0.29) is 17.9 Å². The lowest BCUT2D eigenvalue weighted by molar-refractivity contribution is 0.0934. The van der Waals surface area contributed by atoms with Crippen LogP contribution in [0.15, 0.2) is 28.7 Å². The Hall–Kier alpha value is -1.33. The fourth-order valence-corrected chi connectivity index (χ4v) is 3.01. The monoisotopic (exact) mass is 369 g/mol. The van der Waals surface area contributed by atoms with Crippen LogP contribution in [0.3, 0.4) is 0 Å². The van der Waals surface area contributed by atoms with Crippen LogP contribution in [0.5, 0.6) is 0 Å². The summed E-state index contributed by atoms with van der Waals surface area (Å²) in [5.41, 5.74) is 2.23. The van der Waals surface area contributed by atoms with Crippen molar-refractivity contribution in [3.8, 4) is 0 Å². The van der Waals surface area contributed by atoms with Gasteiger partial charge in [0.1, 0.15) is 0 Å². The summed E-state index contributed by atoms with van der Waals surface area (Å²) in [5, 5.41) is 10.6. The molecule has 0 fully saturated rings. The van der Waals surface area contributed by atoms with Gasteiger partial charge in [-0.15, -0.1) is 0 Å². The van der Waals surface area contributed by atoms with Crippen LogP contribution in [0.25, 0.3) is 0 Å². The molecule has 0 bridgehead atoms. The van der Waals surface area contributed by atoms with Gasteiger partial charge in [0, 0.05) is 5.02 Å². The van der Waals surface area contributed by atoms with E-state index < -0.39 is 0 Å². The molecule has 1 amide bonds. The van der Waals surface area contributed by atoms with Crippen molar-refractivity contribution in [2.45, 2.75) is 32.7 Å². The van der Waals surface area contributed by atoms with Gasteiger partial charge < -0.3 is 5.32 Å². The van der Waals surface area contributed by atoms with Crippen LogP contribution >= 0.6 is 27.5 Å². The Kier molecular flexibility index (Phi) is 5.06. The SMILES string of the molecule is CC(C)c1[nH]nc(C(=O)NC(C)c2cccc(Cl)c2)c1Br. The molecule has 0 aliphatic carbocycles. The van der Waals surface area contributed by atoms with Crippen LogP contribution in [-0.2, 0) is 0 Å². The Bertz CT molecular complexity index is 654. The van der Waals surface area contributed by atoms with E-state index >= 15 is 0 Å². The lowest BCUT2D eigenvalue weighted by atomic mass is 10.1. The molecule has 21 heavy (non-hydrogen) atoms. The summed E-state index contributed by atoms with van der Waals surface area (Å²) in [4.78, 5) is 12.3. The van der Waals surface area contributed by atoms with Gasteiger partial charge in [-0.2, -0.15) is 5.10 Å². The number of nitrogens with one attached hydrogen (secondary N) is 2. The number of aromatic nitrogens is 2. The van der Waals surface area contributed by atoms with Crippen molar-refractivity contribution >= 4 is 33.4 Å². The number of amides is 1. The molecule has 1 unspecified atom stereocenters. The number of hydrogen-bond donors (Lipinski definition) is 2. The first-order valence-electron chi connectivity index (χ1n) is 6.70. The molecule has 0 radical (unpaired) electrons. The highest BCUT2D eigenvalue weighted by Crippen LogP contribution is 2.26. The summed E-state index contributed by atoms with van der Waals surface area (Å²) in [6.45, 7) is 5.98. The Morgan fingerprint density at radius 3 is 2.67 bits per heavy atom. The molecule has 0 aliphatic rings. The number of hydrogen-bond acceptors (Lipinski definition) is 2. The maximum Gasteiger partial charge on any atom is 0.273 e. The van der Waals surface area contributed by atoms with Crippen LogP contribution in [0.4, 0.5) is 0 Å². The van der Waals surface area contributed by atoms with Gasteiger partial charge in [0.25, 0.3) is 5.91 Å². The van der Waals surface area contributed by atoms with Crippen LogP contribution in [0.1, 0.15) is 54.5 Å². The molecular weight excluding hydrogens is 354 g/mol. The van der Waals surface area contributed by atoms with Crippen molar-refractivity contribution < 1.29 is 4.79 Å². The lowest BCUT2D eigenvalue weighted by Gasteiger charge is -2.14. The van der Waals surface area contributed by atoms with Crippen molar-refractivity contribution in [3.63, 3.8) is 0 Å². The number of H-pyrrole nitrogens is 1. The summed E-state index contributed by atoms with van der Waals surface area (Å²) < 4.78 is 0.716. The molecule has 2 N–H and O–H groups in total. The summed E-state index contributed by atoms with van der Waals surface area (Å²) in [6, 6.07) is 7.28. The number of benzene rings is 1. The number of carbonyl (C=O) groups excluding carboxylic acids is 1. The fraction of sp³-hybridized carbons (Fsp3) is 0.333. The van der Waals surface area contributed by atoms with Gasteiger partial charge in [0.05, 0.1) is 16.2 Å². The Balaban J connectivity index is 2.15. The standard InChI is InChI=1S/C15H17BrClN3O/c1-8(2)13-12(16)14(20-19-13)15(21)18-9(3)10-5-4-6-11(17)7-10/h4-9H,1-3H3,(H,18,21)(H,19,20). The number of halogens is 2. The second-order valence-electron chi connectivity index (χ2n) is 5.20. The highest BCUT2D eigenvalue weighted by atomic mass is 79.9. The molecule has 6 heteroatoms. The first kappa shape index (κ1) is 16.0. The van der Waals surface area contributed by atoms with Gasteiger partial charge in [-0.05, 0) is 46.5 Å². The zero-order valence-corrected chi connectivity index (χ0v) is 14.4. The van der Waals surface area contributed by atoms with Gasteiger partial charge in [-0.25, -0.2) is 0 Å². The molecule has 0 saturated carbocycles. The summed E-state index contributed by atoms with van der Waals surface area (Å²) >= 11 is 9.40. The Morgan fingerprint density at radius 2 is 2.10 bits per heavy atom.